The molecule has 156 valence electrons. The van der Waals surface area contributed by atoms with E-state index in [0.29, 0.717) is 6.42 Å². The molecule has 0 aliphatic heterocycles. The molecular weight excluding hydrogens is 356 g/mol. The van der Waals surface area contributed by atoms with Crippen LogP contribution in [0.3, 0.4) is 0 Å². The maximum absolute atomic E-state index is 12.5. The van der Waals surface area contributed by atoms with Gasteiger partial charge in [-0.2, -0.15) is 0 Å². The zero-order chi connectivity index (χ0) is 19.7. The van der Waals surface area contributed by atoms with Gasteiger partial charge in [0.1, 0.15) is 6.54 Å². The van der Waals surface area contributed by atoms with Gasteiger partial charge in [-0.1, -0.05) is 12.8 Å². The number of hydrogen-bond donors (Lipinski definition) is 2. The third-order valence-corrected chi connectivity index (χ3v) is 7.51. The Morgan fingerprint density at radius 2 is 1.57 bits per heavy atom. The quantitative estimate of drug-likeness (QED) is 0.655. The topological polar surface area (TPSA) is 84.5 Å². The van der Waals surface area contributed by atoms with Crippen molar-refractivity contribution in [2.45, 2.75) is 89.7 Å². The van der Waals surface area contributed by atoms with Gasteiger partial charge < -0.3 is 15.4 Å². The minimum Gasteiger partial charge on any atom is -0.451 e. The van der Waals surface area contributed by atoms with Crippen LogP contribution in [0.2, 0.25) is 0 Å². The predicted octanol–water partition coefficient (Wildman–Crippen LogP) is 2.70. The van der Waals surface area contributed by atoms with Crippen molar-refractivity contribution >= 4 is 17.8 Å². The minimum atomic E-state index is -0.826. The second-order valence-electron chi connectivity index (χ2n) is 9.99. The maximum atomic E-state index is 12.5. The number of esters is 1. The molecule has 28 heavy (non-hydrogen) atoms. The van der Waals surface area contributed by atoms with Gasteiger partial charge in [0, 0.05) is 12.5 Å². The third-order valence-electron chi connectivity index (χ3n) is 7.51. The first-order valence-electron chi connectivity index (χ1n) is 11.2. The summed E-state index contributed by atoms with van der Waals surface area (Å²) in [6.45, 7) is 1.42. The number of hydrogen-bond acceptors (Lipinski definition) is 4. The summed E-state index contributed by atoms with van der Waals surface area (Å²) >= 11 is 0. The van der Waals surface area contributed by atoms with Gasteiger partial charge in [-0.05, 0) is 81.5 Å². The Balaban J connectivity index is 1.18. The van der Waals surface area contributed by atoms with E-state index in [4.69, 9.17) is 4.74 Å². The van der Waals surface area contributed by atoms with Crippen LogP contribution in [0.15, 0.2) is 0 Å². The number of ether oxygens (including phenoxy) is 1. The first kappa shape index (κ1) is 19.7. The van der Waals surface area contributed by atoms with Crippen molar-refractivity contribution in [2.75, 3.05) is 6.54 Å². The third kappa shape index (κ3) is 4.52. The SMILES string of the molecule is C[C@H](OC(=O)CNC(=O)CC12CC3CC(CC(C3)C1)C2)C(=O)NC1CCCC1. The summed E-state index contributed by atoms with van der Waals surface area (Å²) in [6, 6.07) is 0.202. The summed E-state index contributed by atoms with van der Waals surface area (Å²) in [5.41, 5.74) is 0.164. The molecule has 2 amide bonds. The average molecular weight is 391 g/mol. The highest BCUT2D eigenvalue weighted by molar-refractivity contribution is 5.86. The Hall–Kier alpha value is -1.59. The van der Waals surface area contributed by atoms with Crippen molar-refractivity contribution in [3.8, 4) is 0 Å². The molecule has 0 aromatic heterocycles. The second kappa shape index (κ2) is 8.03. The van der Waals surface area contributed by atoms with Crippen LogP contribution in [0, 0.1) is 23.2 Å². The highest BCUT2D eigenvalue weighted by Crippen LogP contribution is 2.61. The van der Waals surface area contributed by atoms with Crippen molar-refractivity contribution in [2.24, 2.45) is 23.2 Å². The largest absolute Gasteiger partial charge is 0.451 e. The van der Waals surface area contributed by atoms with Crippen molar-refractivity contribution in [1.82, 2.24) is 10.6 Å². The molecule has 0 spiro atoms. The van der Waals surface area contributed by atoms with Crippen LogP contribution in [-0.4, -0.2) is 36.5 Å². The van der Waals surface area contributed by atoms with E-state index in [2.05, 4.69) is 10.6 Å². The fraction of sp³-hybridized carbons (Fsp3) is 0.864. The van der Waals surface area contributed by atoms with Crippen LogP contribution in [0.25, 0.3) is 0 Å². The normalized spacial score (nSPS) is 34.8. The molecule has 0 radical (unpaired) electrons. The molecule has 0 saturated heterocycles. The van der Waals surface area contributed by atoms with E-state index in [1.54, 1.807) is 6.92 Å². The molecule has 5 saturated carbocycles. The molecule has 0 unspecified atom stereocenters. The number of carbonyl (C=O) groups excluding carboxylic acids is 3. The standard InChI is InChI=1S/C22H34N2O4/c1-14(21(27)24-18-4-2-3-5-18)28-20(26)13-23-19(25)12-22-9-15-6-16(10-22)8-17(7-15)11-22/h14-18H,2-13H2,1H3,(H,23,25)(H,24,27)/t14-,15?,16?,17?,22?/m0/s1. The molecule has 2 N–H and O–H groups in total. The van der Waals surface area contributed by atoms with Crippen molar-refractivity contribution in [1.29, 1.82) is 0 Å². The summed E-state index contributed by atoms with van der Waals surface area (Å²) < 4.78 is 5.20. The zero-order valence-corrected chi connectivity index (χ0v) is 17.0. The van der Waals surface area contributed by atoms with Crippen LogP contribution in [0.1, 0.15) is 77.6 Å². The van der Waals surface area contributed by atoms with Gasteiger partial charge in [0.15, 0.2) is 6.10 Å². The van der Waals surface area contributed by atoms with Gasteiger partial charge in [0.25, 0.3) is 5.91 Å². The predicted molar refractivity (Wildman–Crippen MR) is 104 cm³/mol. The summed E-state index contributed by atoms with van der Waals surface area (Å²) in [5, 5.41) is 5.66. The lowest BCUT2D eigenvalue weighted by Gasteiger charge is -2.56. The molecule has 5 aliphatic rings. The molecular formula is C22H34N2O4. The maximum Gasteiger partial charge on any atom is 0.326 e. The van der Waals surface area contributed by atoms with Gasteiger partial charge >= 0.3 is 5.97 Å². The van der Waals surface area contributed by atoms with E-state index in [0.717, 1.165) is 43.4 Å². The first-order chi connectivity index (χ1) is 13.4. The number of carbonyl (C=O) groups is 3. The van der Waals surface area contributed by atoms with E-state index in [1.807, 2.05) is 0 Å². The van der Waals surface area contributed by atoms with E-state index in [9.17, 15) is 14.4 Å². The Morgan fingerprint density at radius 1 is 1.00 bits per heavy atom. The summed E-state index contributed by atoms with van der Waals surface area (Å²) in [5.74, 6) is 1.57. The van der Waals surface area contributed by atoms with Gasteiger partial charge in [0.2, 0.25) is 5.91 Å². The molecule has 0 aromatic carbocycles. The van der Waals surface area contributed by atoms with Crippen LogP contribution in [0.5, 0.6) is 0 Å². The Bertz CT molecular complexity index is 591. The Labute approximate surface area is 167 Å². The van der Waals surface area contributed by atoms with Gasteiger partial charge in [-0.3, -0.25) is 14.4 Å². The Kier molecular flexibility index (Phi) is 5.66. The molecule has 6 nitrogen and oxygen atoms in total. The lowest BCUT2D eigenvalue weighted by Crippen LogP contribution is -2.48. The molecule has 5 rings (SSSR count). The smallest absolute Gasteiger partial charge is 0.326 e. The number of rotatable bonds is 7. The van der Waals surface area contributed by atoms with Gasteiger partial charge in [-0.25, -0.2) is 0 Å². The summed E-state index contributed by atoms with van der Waals surface area (Å²) in [6.07, 6.45) is 11.5. The van der Waals surface area contributed by atoms with Crippen LogP contribution in [0.4, 0.5) is 0 Å². The summed E-state index contributed by atoms with van der Waals surface area (Å²) in [4.78, 5) is 36.6. The first-order valence-corrected chi connectivity index (χ1v) is 11.2. The monoisotopic (exact) mass is 390 g/mol. The number of nitrogens with one attached hydrogen (secondary N) is 2. The highest BCUT2D eigenvalue weighted by Gasteiger charge is 2.51. The number of amides is 2. The van der Waals surface area contributed by atoms with Gasteiger partial charge in [-0.15, -0.1) is 0 Å². The molecule has 4 bridgehead atoms. The molecule has 6 heteroatoms. The fourth-order valence-corrected chi connectivity index (χ4v) is 6.76. The Morgan fingerprint density at radius 3 is 2.14 bits per heavy atom. The second-order valence-corrected chi connectivity index (χ2v) is 9.99. The van der Waals surface area contributed by atoms with Gasteiger partial charge in [0.05, 0.1) is 0 Å². The highest BCUT2D eigenvalue weighted by atomic mass is 16.5. The van der Waals surface area contributed by atoms with E-state index in [-0.39, 0.29) is 29.8 Å². The lowest BCUT2D eigenvalue weighted by atomic mass is 9.49. The van der Waals surface area contributed by atoms with Crippen LogP contribution in [-0.2, 0) is 19.1 Å². The van der Waals surface area contributed by atoms with E-state index < -0.39 is 12.1 Å². The zero-order valence-electron chi connectivity index (χ0n) is 17.0. The minimum absolute atomic E-state index is 0.0537. The van der Waals surface area contributed by atoms with E-state index in [1.165, 1.54) is 38.5 Å². The lowest BCUT2D eigenvalue weighted by molar-refractivity contribution is -0.155. The fourth-order valence-electron chi connectivity index (χ4n) is 6.76. The van der Waals surface area contributed by atoms with Crippen LogP contribution < -0.4 is 10.6 Å². The van der Waals surface area contributed by atoms with Crippen molar-refractivity contribution < 1.29 is 19.1 Å². The molecule has 1 atom stereocenters. The van der Waals surface area contributed by atoms with Crippen molar-refractivity contribution in [3.05, 3.63) is 0 Å². The molecule has 0 aromatic rings. The average Bonchev–Trinajstić information content (AvgIpc) is 3.11. The summed E-state index contributed by atoms with van der Waals surface area (Å²) in [7, 11) is 0. The van der Waals surface area contributed by atoms with Crippen molar-refractivity contribution in [3.63, 3.8) is 0 Å². The van der Waals surface area contributed by atoms with Crippen LogP contribution >= 0.6 is 0 Å². The molecule has 5 aliphatic carbocycles. The van der Waals surface area contributed by atoms with E-state index >= 15 is 0 Å². The molecule has 0 heterocycles. The molecule has 5 fully saturated rings.